The summed E-state index contributed by atoms with van der Waals surface area (Å²) in [7, 11) is 0. The first-order valence-electron chi connectivity index (χ1n) is 4.81. The van der Waals surface area contributed by atoms with E-state index < -0.39 is 0 Å². The summed E-state index contributed by atoms with van der Waals surface area (Å²) in [6, 6.07) is 3.73. The van der Waals surface area contributed by atoms with Gasteiger partial charge in [0.15, 0.2) is 0 Å². The highest BCUT2D eigenvalue weighted by Gasteiger charge is 2.01. The van der Waals surface area contributed by atoms with Crippen molar-refractivity contribution in [3.05, 3.63) is 36.4 Å². The highest BCUT2D eigenvalue weighted by Crippen LogP contribution is 2.13. The Morgan fingerprint density at radius 2 is 2.29 bits per heavy atom. The molecule has 2 aromatic heterocycles. The lowest BCUT2D eigenvalue weighted by Crippen LogP contribution is -1.92. The quantitative estimate of drug-likeness (QED) is 0.461. The molecule has 5 nitrogen and oxygen atoms in total. The summed E-state index contributed by atoms with van der Waals surface area (Å²) in [6.45, 7) is 0. The second-order valence-corrected chi connectivity index (χ2v) is 3.92. The molecule has 0 N–H and O–H groups in total. The normalized spacial score (nSPS) is 10.5. The number of rotatable bonds is 4. The maximum atomic E-state index is 5.19. The smallest absolute Gasteiger partial charge is 0.212 e. The summed E-state index contributed by atoms with van der Waals surface area (Å²) >= 11 is 1.42. The number of nitrogens with zero attached hydrogens (tertiary/aromatic N) is 5. The fraction of sp³-hybridized carbons (Fsp3) is 0.0909. The molecule has 2 aromatic rings. The van der Waals surface area contributed by atoms with Crippen LogP contribution in [0.15, 0.2) is 41.1 Å². The lowest BCUT2D eigenvalue weighted by atomic mass is 10.3. The van der Waals surface area contributed by atoms with Gasteiger partial charge in [-0.3, -0.25) is 4.98 Å². The van der Waals surface area contributed by atoms with Gasteiger partial charge >= 0.3 is 0 Å². The van der Waals surface area contributed by atoms with Crippen molar-refractivity contribution in [1.82, 2.24) is 19.9 Å². The van der Waals surface area contributed by atoms with Gasteiger partial charge in [-0.25, -0.2) is 0 Å². The van der Waals surface area contributed by atoms with Gasteiger partial charge in [-0.15, -0.1) is 16.6 Å². The first kappa shape index (κ1) is 11.4. The van der Waals surface area contributed by atoms with E-state index in [9.17, 15) is 0 Å². The Morgan fingerprint density at radius 1 is 1.47 bits per heavy atom. The van der Waals surface area contributed by atoms with Crippen LogP contribution in [-0.2, 0) is 0 Å². The minimum Gasteiger partial charge on any atom is -0.265 e. The number of hydrogen-bond donors (Lipinski definition) is 0. The van der Waals surface area contributed by atoms with Crippen molar-refractivity contribution in [3.8, 4) is 12.3 Å². The molecule has 0 aliphatic rings. The Morgan fingerprint density at radius 3 is 3.06 bits per heavy atom. The number of aromatic nitrogens is 4. The molecule has 17 heavy (non-hydrogen) atoms. The van der Waals surface area contributed by atoms with Crippen molar-refractivity contribution in [2.45, 2.75) is 5.16 Å². The topological polar surface area (TPSA) is 56.0 Å². The van der Waals surface area contributed by atoms with Crippen molar-refractivity contribution < 1.29 is 0 Å². The molecule has 0 unspecified atom stereocenters. The number of terminal acetylenes is 1. The van der Waals surface area contributed by atoms with Crippen molar-refractivity contribution in [3.63, 3.8) is 0 Å². The zero-order valence-corrected chi connectivity index (χ0v) is 9.71. The van der Waals surface area contributed by atoms with Gasteiger partial charge in [0.05, 0.1) is 12.0 Å². The van der Waals surface area contributed by atoms with Gasteiger partial charge in [0.25, 0.3) is 0 Å². The zero-order chi connectivity index (χ0) is 11.9. The van der Waals surface area contributed by atoms with Gasteiger partial charge in [-0.2, -0.15) is 9.78 Å². The monoisotopic (exact) mass is 243 g/mol. The molecule has 0 spiro atoms. The van der Waals surface area contributed by atoms with E-state index in [2.05, 4.69) is 26.2 Å². The summed E-state index contributed by atoms with van der Waals surface area (Å²) in [5.74, 6) is 3.07. The molecule has 0 aliphatic heterocycles. The Labute approximate surface area is 103 Å². The van der Waals surface area contributed by atoms with Gasteiger partial charge in [0, 0.05) is 12.4 Å². The molecule has 0 aliphatic carbocycles. The van der Waals surface area contributed by atoms with Crippen LogP contribution in [0.3, 0.4) is 0 Å². The van der Waals surface area contributed by atoms with Gasteiger partial charge in [0.2, 0.25) is 5.16 Å². The molecule has 0 saturated heterocycles. The predicted molar refractivity (Wildman–Crippen MR) is 66.8 cm³/mol. The fourth-order valence-corrected chi connectivity index (χ4v) is 1.62. The molecule has 0 amide bonds. The average molecular weight is 243 g/mol. The molecule has 0 fully saturated rings. The molecule has 0 aromatic carbocycles. The minimum atomic E-state index is 0.545. The minimum absolute atomic E-state index is 0.545. The highest BCUT2D eigenvalue weighted by molar-refractivity contribution is 7.99. The van der Waals surface area contributed by atoms with Crippen LogP contribution >= 0.6 is 11.8 Å². The Kier molecular flexibility index (Phi) is 3.89. The van der Waals surface area contributed by atoms with Gasteiger partial charge in [-0.1, -0.05) is 17.7 Å². The lowest BCUT2D eigenvalue weighted by molar-refractivity contribution is 0.768. The van der Waals surface area contributed by atoms with Gasteiger partial charge in [0.1, 0.15) is 6.33 Å². The molecular weight excluding hydrogens is 234 g/mol. The number of pyridine rings is 1. The van der Waals surface area contributed by atoms with Crippen LogP contribution in [-0.4, -0.2) is 31.8 Å². The van der Waals surface area contributed by atoms with E-state index >= 15 is 0 Å². The zero-order valence-electron chi connectivity index (χ0n) is 8.89. The van der Waals surface area contributed by atoms with Gasteiger partial charge in [-0.05, 0) is 17.7 Å². The van der Waals surface area contributed by atoms with Crippen molar-refractivity contribution in [1.29, 1.82) is 0 Å². The predicted octanol–water partition coefficient (Wildman–Crippen LogP) is 1.28. The van der Waals surface area contributed by atoms with Gasteiger partial charge < -0.3 is 0 Å². The molecule has 2 heterocycles. The SMILES string of the molecule is C#CCSc1nncn1/N=C/c1ccncc1. The molecule has 6 heteroatoms. The van der Waals surface area contributed by atoms with E-state index in [1.165, 1.54) is 18.1 Å². The third kappa shape index (κ3) is 3.16. The van der Waals surface area contributed by atoms with E-state index in [-0.39, 0.29) is 0 Å². The largest absolute Gasteiger partial charge is 0.265 e. The van der Waals surface area contributed by atoms with E-state index in [0.717, 1.165) is 5.56 Å². The van der Waals surface area contributed by atoms with Crippen LogP contribution < -0.4 is 0 Å². The summed E-state index contributed by atoms with van der Waals surface area (Å²) in [4.78, 5) is 3.93. The molecular formula is C11H9N5S. The second-order valence-electron chi connectivity index (χ2n) is 2.98. The van der Waals surface area contributed by atoms with Crippen LogP contribution in [0.5, 0.6) is 0 Å². The molecule has 0 saturated carbocycles. The third-order valence-electron chi connectivity index (χ3n) is 1.82. The lowest BCUT2D eigenvalue weighted by Gasteiger charge is -1.96. The van der Waals surface area contributed by atoms with Crippen LogP contribution in [0.4, 0.5) is 0 Å². The summed E-state index contributed by atoms with van der Waals surface area (Å²) in [5.41, 5.74) is 0.960. The van der Waals surface area contributed by atoms with Crippen LogP contribution in [0.2, 0.25) is 0 Å². The number of thioether (sulfide) groups is 1. The Hall–Kier alpha value is -2.13. The molecule has 2 rings (SSSR count). The first-order chi connectivity index (χ1) is 8.40. The standard InChI is InChI=1S/C11H9N5S/c1-2-7-17-11-15-13-9-16(11)14-8-10-3-5-12-6-4-10/h1,3-6,8-9H,7H2/b14-8+. The van der Waals surface area contributed by atoms with E-state index in [1.54, 1.807) is 23.3 Å². The molecule has 84 valence electrons. The maximum absolute atomic E-state index is 5.19. The number of hydrogen-bond acceptors (Lipinski definition) is 5. The first-order valence-corrected chi connectivity index (χ1v) is 5.79. The summed E-state index contributed by atoms with van der Waals surface area (Å²) in [6.07, 6.45) is 11.9. The van der Waals surface area contributed by atoms with Crippen LogP contribution in [0.1, 0.15) is 5.56 Å². The third-order valence-corrected chi connectivity index (χ3v) is 2.66. The summed E-state index contributed by atoms with van der Waals surface area (Å²) in [5, 5.41) is 12.6. The van der Waals surface area contributed by atoms with E-state index in [4.69, 9.17) is 6.42 Å². The molecule has 0 radical (unpaired) electrons. The van der Waals surface area contributed by atoms with E-state index in [1.807, 2.05) is 12.1 Å². The highest BCUT2D eigenvalue weighted by atomic mass is 32.2. The average Bonchev–Trinajstić information content (AvgIpc) is 2.82. The van der Waals surface area contributed by atoms with Crippen molar-refractivity contribution >= 4 is 18.0 Å². The van der Waals surface area contributed by atoms with Crippen LogP contribution in [0, 0.1) is 12.3 Å². The van der Waals surface area contributed by atoms with Crippen molar-refractivity contribution in [2.24, 2.45) is 5.10 Å². The Balaban J connectivity index is 2.11. The van der Waals surface area contributed by atoms with Crippen molar-refractivity contribution in [2.75, 3.05) is 5.75 Å². The fourth-order valence-electron chi connectivity index (χ4n) is 1.08. The summed E-state index contributed by atoms with van der Waals surface area (Å²) < 4.78 is 1.59. The van der Waals surface area contributed by atoms with Crippen LogP contribution in [0.25, 0.3) is 0 Å². The molecule has 0 bridgehead atoms. The van der Waals surface area contributed by atoms with E-state index in [0.29, 0.717) is 10.9 Å². The second kappa shape index (κ2) is 5.82. The molecule has 0 atom stereocenters. The Bertz CT molecular complexity index is 540. The maximum Gasteiger partial charge on any atom is 0.212 e.